The molecule has 1 aromatic carbocycles. The standard InChI is InChI=1S/C13H17BrO/c1-13(2,3)9-8-12(15)10-6-4-5-7-11(10)14/h4-9,12,15H,1-3H3/b9-8+/t12-/m0/s1. The van der Waals surface area contributed by atoms with Gasteiger partial charge in [-0.2, -0.15) is 0 Å². The molecule has 0 radical (unpaired) electrons. The molecule has 1 nitrogen and oxygen atoms in total. The number of aliphatic hydroxyl groups excluding tert-OH is 1. The summed E-state index contributed by atoms with van der Waals surface area (Å²) in [5, 5.41) is 9.95. The smallest absolute Gasteiger partial charge is 0.0982 e. The molecule has 1 atom stereocenters. The molecule has 0 unspecified atom stereocenters. The van der Waals surface area contributed by atoms with Crippen LogP contribution >= 0.6 is 15.9 Å². The fourth-order valence-electron chi connectivity index (χ4n) is 1.20. The summed E-state index contributed by atoms with van der Waals surface area (Å²) in [5.41, 5.74) is 1.00. The fraction of sp³-hybridized carbons (Fsp3) is 0.385. The van der Waals surface area contributed by atoms with Gasteiger partial charge in [-0.25, -0.2) is 0 Å². The van der Waals surface area contributed by atoms with E-state index in [2.05, 4.69) is 36.7 Å². The molecular formula is C13H17BrO. The van der Waals surface area contributed by atoms with Crippen molar-refractivity contribution in [1.82, 2.24) is 0 Å². The third kappa shape index (κ3) is 4.18. The van der Waals surface area contributed by atoms with Crippen molar-refractivity contribution in [2.45, 2.75) is 26.9 Å². The van der Waals surface area contributed by atoms with Crippen LogP contribution in [-0.4, -0.2) is 5.11 Å². The number of benzene rings is 1. The molecule has 0 heterocycles. The number of rotatable bonds is 2. The zero-order valence-corrected chi connectivity index (χ0v) is 11.0. The maximum absolute atomic E-state index is 9.95. The second kappa shape index (κ2) is 4.95. The second-order valence-corrected chi connectivity index (χ2v) is 5.55. The third-order valence-corrected chi connectivity index (χ3v) is 2.72. The molecule has 0 saturated heterocycles. The third-order valence-electron chi connectivity index (χ3n) is 2.00. The van der Waals surface area contributed by atoms with E-state index in [0.717, 1.165) is 10.0 Å². The Labute approximate surface area is 100.0 Å². The van der Waals surface area contributed by atoms with Crippen molar-refractivity contribution < 1.29 is 5.11 Å². The molecule has 0 bridgehead atoms. The van der Waals surface area contributed by atoms with Crippen LogP contribution in [0.1, 0.15) is 32.4 Å². The normalized spacial score (nSPS) is 14.5. The van der Waals surface area contributed by atoms with Crippen LogP contribution in [0.2, 0.25) is 0 Å². The van der Waals surface area contributed by atoms with E-state index in [9.17, 15) is 5.11 Å². The summed E-state index contributed by atoms with van der Waals surface area (Å²) in [6.07, 6.45) is 3.32. The summed E-state index contributed by atoms with van der Waals surface area (Å²) in [6.45, 7) is 6.32. The lowest BCUT2D eigenvalue weighted by Gasteiger charge is -2.14. The lowest BCUT2D eigenvalue weighted by molar-refractivity contribution is 0.226. The van der Waals surface area contributed by atoms with E-state index >= 15 is 0 Å². The Morgan fingerprint density at radius 2 is 1.87 bits per heavy atom. The summed E-state index contributed by atoms with van der Waals surface area (Å²) >= 11 is 3.42. The lowest BCUT2D eigenvalue weighted by atomic mass is 9.95. The van der Waals surface area contributed by atoms with Crippen LogP contribution < -0.4 is 0 Å². The Bertz CT molecular complexity index is 350. The molecule has 1 N–H and O–H groups in total. The van der Waals surface area contributed by atoms with Crippen molar-refractivity contribution in [3.05, 3.63) is 46.5 Å². The van der Waals surface area contributed by atoms with Gasteiger partial charge in [0.15, 0.2) is 0 Å². The van der Waals surface area contributed by atoms with Gasteiger partial charge in [-0.05, 0) is 17.0 Å². The number of aliphatic hydroxyl groups is 1. The Morgan fingerprint density at radius 3 is 2.40 bits per heavy atom. The van der Waals surface area contributed by atoms with Crippen LogP contribution in [0.5, 0.6) is 0 Å². The van der Waals surface area contributed by atoms with Gasteiger partial charge in [0, 0.05) is 4.47 Å². The first-order chi connectivity index (χ1) is 6.90. The van der Waals surface area contributed by atoms with Crippen LogP contribution in [0.15, 0.2) is 40.9 Å². The second-order valence-electron chi connectivity index (χ2n) is 4.69. The summed E-state index contributed by atoms with van der Waals surface area (Å²) in [7, 11) is 0. The maximum Gasteiger partial charge on any atom is 0.0982 e. The molecule has 0 spiro atoms. The summed E-state index contributed by atoms with van der Waals surface area (Å²) in [6, 6.07) is 7.72. The highest BCUT2D eigenvalue weighted by Gasteiger charge is 2.09. The van der Waals surface area contributed by atoms with Crippen molar-refractivity contribution in [3.63, 3.8) is 0 Å². The summed E-state index contributed by atoms with van der Waals surface area (Å²) in [4.78, 5) is 0. The Morgan fingerprint density at radius 1 is 1.27 bits per heavy atom. The molecule has 15 heavy (non-hydrogen) atoms. The molecule has 2 heteroatoms. The van der Waals surface area contributed by atoms with Crippen LogP contribution in [0, 0.1) is 5.41 Å². The largest absolute Gasteiger partial charge is 0.384 e. The Hall–Kier alpha value is -0.600. The quantitative estimate of drug-likeness (QED) is 0.802. The molecule has 0 aliphatic heterocycles. The predicted molar refractivity (Wildman–Crippen MR) is 67.7 cm³/mol. The number of hydrogen-bond donors (Lipinski definition) is 1. The number of hydrogen-bond acceptors (Lipinski definition) is 1. The van der Waals surface area contributed by atoms with Gasteiger partial charge in [-0.1, -0.05) is 67.1 Å². The van der Waals surface area contributed by atoms with Gasteiger partial charge in [0.2, 0.25) is 0 Å². The van der Waals surface area contributed by atoms with Gasteiger partial charge in [0.05, 0.1) is 6.10 Å². The summed E-state index contributed by atoms with van der Waals surface area (Å²) in [5.74, 6) is 0. The van der Waals surface area contributed by atoms with E-state index < -0.39 is 6.10 Å². The van der Waals surface area contributed by atoms with Gasteiger partial charge in [-0.3, -0.25) is 0 Å². The molecule has 0 aliphatic rings. The van der Waals surface area contributed by atoms with E-state index in [0.29, 0.717) is 0 Å². The molecule has 1 rings (SSSR count). The van der Waals surface area contributed by atoms with Crippen molar-refractivity contribution in [1.29, 1.82) is 0 Å². The van der Waals surface area contributed by atoms with Crippen LogP contribution in [0.25, 0.3) is 0 Å². The highest BCUT2D eigenvalue weighted by atomic mass is 79.9. The van der Waals surface area contributed by atoms with Gasteiger partial charge in [0.25, 0.3) is 0 Å². The SMILES string of the molecule is CC(C)(C)/C=C/[C@H](O)c1ccccc1Br. The first-order valence-corrected chi connectivity index (χ1v) is 5.81. The predicted octanol–water partition coefficient (Wildman–Crippen LogP) is 4.08. The Balaban J connectivity index is 2.82. The molecule has 1 aromatic rings. The minimum Gasteiger partial charge on any atom is -0.384 e. The Kier molecular flexibility index (Phi) is 4.12. The van der Waals surface area contributed by atoms with Crippen molar-refractivity contribution in [3.8, 4) is 0 Å². The molecular weight excluding hydrogens is 252 g/mol. The zero-order valence-electron chi connectivity index (χ0n) is 9.37. The van der Waals surface area contributed by atoms with Crippen LogP contribution in [0.4, 0.5) is 0 Å². The molecule has 0 aromatic heterocycles. The van der Waals surface area contributed by atoms with Crippen LogP contribution in [0.3, 0.4) is 0 Å². The van der Waals surface area contributed by atoms with Gasteiger partial charge in [-0.15, -0.1) is 0 Å². The topological polar surface area (TPSA) is 20.2 Å². The minimum atomic E-state index is -0.542. The highest BCUT2D eigenvalue weighted by molar-refractivity contribution is 9.10. The molecule has 82 valence electrons. The number of allylic oxidation sites excluding steroid dienone is 1. The van der Waals surface area contributed by atoms with Crippen LogP contribution in [-0.2, 0) is 0 Å². The van der Waals surface area contributed by atoms with Crippen molar-refractivity contribution >= 4 is 15.9 Å². The first kappa shape index (κ1) is 12.5. The molecule has 0 saturated carbocycles. The van der Waals surface area contributed by atoms with E-state index in [1.807, 2.05) is 36.4 Å². The first-order valence-electron chi connectivity index (χ1n) is 5.02. The average Bonchev–Trinajstić information content (AvgIpc) is 2.14. The lowest BCUT2D eigenvalue weighted by Crippen LogP contribution is -2.01. The molecule has 0 fully saturated rings. The van der Waals surface area contributed by atoms with Crippen molar-refractivity contribution in [2.24, 2.45) is 5.41 Å². The minimum absolute atomic E-state index is 0.0994. The van der Waals surface area contributed by atoms with Gasteiger partial charge in [0.1, 0.15) is 0 Å². The van der Waals surface area contributed by atoms with Gasteiger partial charge >= 0.3 is 0 Å². The highest BCUT2D eigenvalue weighted by Crippen LogP contribution is 2.25. The monoisotopic (exact) mass is 268 g/mol. The van der Waals surface area contributed by atoms with E-state index in [1.165, 1.54) is 0 Å². The van der Waals surface area contributed by atoms with Crippen molar-refractivity contribution in [2.75, 3.05) is 0 Å². The van der Waals surface area contributed by atoms with E-state index in [4.69, 9.17) is 0 Å². The molecule has 0 amide bonds. The van der Waals surface area contributed by atoms with E-state index in [-0.39, 0.29) is 5.41 Å². The number of halogens is 1. The maximum atomic E-state index is 9.95. The fourth-order valence-corrected chi connectivity index (χ4v) is 1.72. The zero-order chi connectivity index (χ0) is 11.5. The summed E-state index contributed by atoms with van der Waals surface area (Å²) < 4.78 is 0.941. The van der Waals surface area contributed by atoms with Gasteiger partial charge < -0.3 is 5.11 Å². The average molecular weight is 269 g/mol. The van der Waals surface area contributed by atoms with E-state index in [1.54, 1.807) is 0 Å². The molecule has 0 aliphatic carbocycles.